The SMILES string of the molecule is S=c1[nH]c2ccccc2[nH]1.[S-]c1nc2ccccc2[nH]1.[S-]c1nc2ccccc2[nH]1.[Zn+2]. The average Bonchev–Trinajstić information content (AvgIpc) is 3.41. The number of fused-ring (bicyclic) bond motifs is 3. The Labute approximate surface area is 206 Å². The van der Waals surface area contributed by atoms with Crippen molar-refractivity contribution in [2.24, 2.45) is 0 Å². The van der Waals surface area contributed by atoms with Crippen LogP contribution < -0.4 is 0 Å². The molecule has 0 atom stereocenters. The molecule has 0 spiro atoms. The Morgan fingerprint density at radius 2 is 0.903 bits per heavy atom. The predicted molar refractivity (Wildman–Crippen MR) is 127 cm³/mol. The third-order valence-electron chi connectivity index (χ3n) is 4.16. The van der Waals surface area contributed by atoms with Crippen molar-refractivity contribution in [2.75, 3.05) is 0 Å². The van der Waals surface area contributed by atoms with Gasteiger partial charge in [-0.15, -0.1) is 0 Å². The van der Waals surface area contributed by atoms with Gasteiger partial charge in [-0.1, -0.05) is 36.4 Å². The third kappa shape index (κ3) is 5.95. The van der Waals surface area contributed by atoms with E-state index in [4.69, 9.17) is 37.5 Å². The molecule has 0 fully saturated rings. The van der Waals surface area contributed by atoms with Gasteiger partial charge in [0.1, 0.15) is 0 Å². The number of nitrogens with one attached hydrogen (secondary N) is 4. The summed E-state index contributed by atoms with van der Waals surface area (Å²) in [6.07, 6.45) is 0. The zero-order valence-electron chi connectivity index (χ0n) is 16.3. The van der Waals surface area contributed by atoms with Crippen molar-refractivity contribution >= 4 is 70.6 Å². The van der Waals surface area contributed by atoms with Crippen LogP contribution in [0.5, 0.6) is 0 Å². The van der Waals surface area contributed by atoms with Crippen LogP contribution in [0.1, 0.15) is 0 Å². The molecule has 6 nitrogen and oxygen atoms in total. The summed E-state index contributed by atoms with van der Waals surface area (Å²) in [7, 11) is 0. The normalized spacial score (nSPS) is 10.1. The number of benzene rings is 3. The topological polar surface area (TPSA) is 88.9 Å². The largest absolute Gasteiger partial charge is 2.00 e. The van der Waals surface area contributed by atoms with Crippen molar-refractivity contribution in [3.8, 4) is 0 Å². The number of H-pyrrole nitrogens is 4. The van der Waals surface area contributed by atoms with Crippen LogP contribution in [-0.4, -0.2) is 29.9 Å². The first-order chi connectivity index (χ1) is 14.6. The van der Waals surface area contributed by atoms with Gasteiger partial charge in [0.2, 0.25) is 0 Å². The predicted octanol–water partition coefficient (Wildman–Crippen LogP) is 5.16. The standard InChI is InChI=1S/3C7H6N2S.Zn/c3*10-7-8-5-3-1-2-4-6(5)9-7;/h3*1-4H,(H2,8,9,10);/q;;;+2/p-2. The molecule has 3 aromatic carbocycles. The van der Waals surface area contributed by atoms with Gasteiger partial charge >= 0.3 is 19.5 Å². The number of hydrogen-bond donors (Lipinski definition) is 4. The molecule has 0 unspecified atom stereocenters. The molecule has 0 bridgehead atoms. The molecule has 6 aromatic rings. The maximum atomic E-state index is 4.90. The van der Waals surface area contributed by atoms with Gasteiger partial charge in [-0.25, -0.2) is 0 Å². The first-order valence-corrected chi connectivity index (χ1v) is 10.2. The maximum Gasteiger partial charge on any atom is 2.00 e. The first-order valence-electron chi connectivity index (χ1n) is 8.99. The van der Waals surface area contributed by atoms with E-state index in [2.05, 4.69) is 29.9 Å². The average molecular weight is 514 g/mol. The van der Waals surface area contributed by atoms with Gasteiger partial charge in [0.25, 0.3) is 0 Å². The Kier molecular flexibility index (Phi) is 7.87. The van der Waals surface area contributed by atoms with Gasteiger partial charge in [0, 0.05) is 0 Å². The quantitative estimate of drug-likeness (QED) is 0.128. The molecule has 31 heavy (non-hydrogen) atoms. The van der Waals surface area contributed by atoms with Crippen LogP contribution in [0.2, 0.25) is 0 Å². The Hall–Kier alpha value is -2.65. The smallest absolute Gasteiger partial charge is 0.742 e. The van der Waals surface area contributed by atoms with E-state index in [9.17, 15) is 0 Å². The van der Waals surface area contributed by atoms with Crippen molar-refractivity contribution in [1.29, 1.82) is 0 Å². The molecule has 10 heteroatoms. The van der Waals surface area contributed by atoms with Crippen LogP contribution in [0.25, 0.3) is 33.1 Å². The maximum absolute atomic E-state index is 4.90. The molecule has 0 aliphatic heterocycles. The molecule has 150 valence electrons. The minimum Gasteiger partial charge on any atom is -0.742 e. The molecule has 0 radical (unpaired) electrons. The van der Waals surface area contributed by atoms with Crippen LogP contribution in [0, 0.1) is 4.77 Å². The third-order valence-corrected chi connectivity index (χ3v) is 4.75. The minimum atomic E-state index is 0. The minimum absolute atomic E-state index is 0. The van der Waals surface area contributed by atoms with Crippen molar-refractivity contribution in [3.63, 3.8) is 0 Å². The molecular weight excluding hydrogens is 498 g/mol. The number of aromatic nitrogens is 6. The fourth-order valence-corrected chi connectivity index (χ4v) is 3.47. The summed E-state index contributed by atoms with van der Waals surface area (Å²) < 4.78 is 0.682. The Bertz CT molecular complexity index is 1290. The molecule has 3 aromatic heterocycles. The summed E-state index contributed by atoms with van der Waals surface area (Å²) in [4.78, 5) is 20.1. The fraction of sp³-hybridized carbons (Fsp3) is 0. The van der Waals surface area contributed by atoms with Crippen molar-refractivity contribution in [1.82, 2.24) is 29.9 Å². The molecular formula is C21H16N6S3Zn. The summed E-state index contributed by atoms with van der Waals surface area (Å²) in [6.45, 7) is 0. The monoisotopic (exact) mass is 512 g/mol. The van der Waals surface area contributed by atoms with E-state index < -0.39 is 0 Å². The van der Waals surface area contributed by atoms with E-state index in [1.165, 1.54) is 0 Å². The van der Waals surface area contributed by atoms with Crippen LogP contribution in [-0.2, 0) is 44.7 Å². The van der Waals surface area contributed by atoms with E-state index in [0.717, 1.165) is 33.1 Å². The Morgan fingerprint density at radius 3 is 1.29 bits per heavy atom. The van der Waals surface area contributed by atoms with Gasteiger partial charge in [0.15, 0.2) is 4.77 Å². The van der Waals surface area contributed by atoms with Crippen molar-refractivity contribution < 1.29 is 19.5 Å². The van der Waals surface area contributed by atoms with Crippen LogP contribution in [0.15, 0.2) is 83.1 Å². The Morgan fingerprint density at radius 1 is 0.548 bits per heavy atom. The summed E-state index contributed by atoms with van der Waals surface area (Å²) in [6, 6.07) is 23.5. The second-order valence-electron chi connectivity index (χ2n) is 6.24. The van der Waals surface area contributed by atoms with E-state index >= 15 is 0 Å². The molecule has 0 aliphatic rings. The van der Waals surface area contributed by atoms with E-state index in [-0.39, 0.29) is 19.5 Å². The zero-order valence-corrected chi connectivity index (χ0v) is 21.7. The zero-order chi connectivity index (χ0) is 20.9. The van der Waals surface area contributed by atoms with Gasteiger partial charge in [-0.2, -0.15) is 0 Å². The van der Waals surface area contributed by atoms with Gasteiger partial charge < -0.3 is 45.2 Å². The second-order valence-corrected chi connectivity index (χ2v) is 7.42. The second kappa shape index (κ2) is 10.6. The summed E-state index contributed by atoms with van der Waals surface area (Å²) in [5.74, 6) is 0. The molecule has 0 saturated carbocycles. The molecule has 0 saturated heterocycles. The number of rotatable bonds is 0. The van der Waals surface area contributed by atoms with Crippen LogP contribution in [0.3, 0.4) is 0 Å². The Balaban J connectivity index is 0.000000130. The van der Waals surface area contributed by atoms with Crippen LogP contribution >= 0.6 is 12.2 Å². The summed E-state index contributed by atoms with van der Waals surface area (Å²) in [5.41, 5.74) is 6.01. The molecule has 6 rings (SSSR count). The summed E-state index contributed by atoms with van der Waals surface area (Å²) in [5, 5.41) is 1.11. The van der Waals surface area contributed by atoms with E-state index in [1.807, 2.05) is 72.8 Å². The number of nitrogens with zero attached hydrogens (tertiary/aromatic N) is 2. The van der Waals surface area contributed by atoms with Crippen molar-refractivity contribution in [3.05, 3.63) is 77.6 Å². The van der Waals surface area contributed by atoms with Gasteiger partial charge in [-0.3, -0.25) is 9.97 Å². The number of aromatic amines is 4. The molecule has 0 aliphatic carbocycles. The van der Waals surface area contributed by atoms with Gasteiger partial charge in [0.05, 0.1) is 33.1 Å². The van der Waals surface area contributed by atoms with Crippen molar-refractivity contribution in [2.45, 2.75) is 10.3 Å². The number of hydrogen-bond acceptors (Lipinski definition) is 5. The number of para-hydroxylation sites is 6. The van der Waals surface area contributed by atoms with Crippen LogP contribution in [0.4, 0.5) is 0 Å². The molecule has 0 amide bonds. The van der Waals surface area contributed by atoms with E-state index in [1.54, 1.807) is 0 Å². The van der Waals surface area contributed by atoms with E-state index in [0.29, 0.717) is 15.1 Å². The first kappa shape index (κ1) is 23.0. The fourth-order valence-electron chi connectivity index (χ4n) is 2.84. The summed E-state index contributed by atoms with van der Waals surface area (Å²) >= 11 is 14.6. The number of imidazole rings is 3. The molecule has 3 heterocycles. The van der Waals surface area contributed by atoms with Gasteiger partial charge in [-0.05, 0) is 58.9 Å². The molecule has 4 N–H and O–H groups in total.